The Morgan fingerprint density at radius 1 is 1.36 bits per heavy atom. The first kappa shape index (κ1) is 10.0. The molecule has 0 aromatic carbocycles. The number of hydrogen-bond acceptors (Lipinski definition) is 1. The molecule has 0 aromatic rings. The summed E-state index contributed by atoms with van der Waals surface area (Å²) in [6.45, 7) is 13.7. The smallest absolute Gasteiger partial charge is 0.0276 e. The van der Waals surface area contributed by atoms with Gasteiger partial charge in [0.05, 0.1) is 0 Å². The molecule has 0 radical (unpaired) electrons. The lowest BCUT2D eigenvalue weighted by Gasteiger charge is -2.24. The second-order valence-electron chi connectivity index (χ2n) is 2.73. The summed E-state index contributed by atoms with van der Waals surface area (Å²) >= 11 is 0. The van der Waals surface area contributed by atoms with Crippen LogP contribution in [-0.4, -0.2) is 10.9 Å². The predicted molar refractivity (Wildman–Crippen MR) is 51.1 cm³/mol. The third kappa shape index (κ3) is 3.08. The van der Waals surface area contributed by atoms with Crippen molar-refractivity contribution in [3.05, 3.63) is 37.2 Å². The molecule has 0 fully saturated rings. The van der Waals surface area contributed by atoms with E-state index in [1.807, 2.05) is 19.2 Å². The van der Waals surface area contributed by atoms with E-state index in [4.69, 9.17) is 0 Å². The van der Waals surface area contributed by atoms with Gasteiger partial charge in [0, 0.05) is 11.7 Å². The van der Waals surface area contributed by atoms with Gasteiger partial charge < -0.3 is 4.90 Å². The van der Waals surface area contributed by atoms with Gasteiger partial charge in [0.2, 0.25) is 0 Å². The summed E-state index contributed by atoms with van der Waals surface area (Å²) in [5, 5.41) is 0. The molecule has 0 aromatic heterocycles. The molecule has 0 aliphatic heterocycles. The zero-order valence-corrected chi connectivity index (χ0v) is 7.67. The lowest BCUT2D eigenvalue weighted by atomic mass is 10.3. The van der Waals surface area contributed by atoms with Crippen molar-refractivity contribution in [2.75, 3.05) is 0 Å². The number of rotatable bonds is 4. The van der Waals surface area contributed by atoms with Gasteiger partial charge in [-0.1, -0.05) is 19.2 Å². The van der Waals surface area contributed by atoms with Gasteiger partial charge in [0.15, 0.2) is 0 Å². The number of allylic oxidation sites excluding steroid dienone is 3. The highest BCUT2D eigenvalue weighted by atomic mass is 15.1. The van der Waals surface area contributed by atoms with E-state index >= 15 is 0 Å². The fourth-order valence-electron chi connectivity index (χ4n) is 1.02. The van der Waals surface area contributed by atoms with Crippen molar-refractivity contribution < 1.29 is 0 Å². The van der Waals surface area contributed by atoms with E-state index in [1.165, 1.54) is 5.70 Å². The molecule has 0 saturated heterocycles. The summed E-state index contributed by atoms with van der Waals surface area (Å²) < 4.78 is 0. The van der Waals surface area contributed by atoms with Crippen molar-refractivity contribution >= 4 is 0 Å². The Hall–Kier alpha value is -0.980. The zero-order valence-electron chi connectivity index (χ0n) is 7.67. The maximum Gasteiger partial charge on any atom is 0.0276 e. The van der Waals surface area contributed by atoms with Crippen LogP contribution in [0.15, 0.2) is 37.2 Å². The van der Waals surface area contributed by atoms with Crippen LogP contribution < -0.4 is 0 Å². The topological polar surface area (TPSA) is 3.24 Å². The van der Waals surface area contributed by atoms with Crippen LogP contribution in [0.4, 0.5) is 0 Å². The monoisotopic (exact) mass is 151 g/mol. The second-order valence-corrected chi connectivity index (χ2v) is 2.73. The molecule has 11 heavy (non-hydrogen) atoms. The quantitative estimate of drug-likeness (QED) is 0.558. The Balaban J connectivity index is 4.36. The standard InChI is InChI=1S/C10H17N/c1-6-8-10(5)11(7-2)9(3)4/h6-9H,1-2H2,3-5H3/b10-8-. The van der Waals surface area contributed by atoms with Crippen molar-refractivity contribution in [2.24, 2.45) is 0 Å². The highest BCUT2D eigenvalue weighted by Gasteiger charge is 2.03. The van der Waals surface area contributed by atoms with Crippen LogP contribution in [0, 0.1) is 0 Å². The predicted octanol–water partition coefficient (Wildman–Crippen LogP) is 2.93. The Labute approximate surface area is 69.7 Å². The van der Waals surface area contributed by atoms with Crippen LogP contribution in [0.1, 0.15) is 20.8 Å². The minimum atomic E-state index is 0.462. The number of hydrogen-bond donors (Lipinski definition) is 0. The Kier molecular flexibility index (Phi) is 4.35. The van der Waals surface area contributed by atoms with E-state index in [9.17, 15) is 0 Å². The average Bonchev–Trinajstić information content (AvgIpc) is 1.88. The van der Waals surface area contributed by atoms with Gasteiger partial charge in [0.25, 0.3) is 0 Å². The Morgan fingerprint density at radius 3 is 2.18 bits per heavy atom. The van der Waals surface area contributed by atoms with Gasteiger partial charge in [-0.15, -0.1) is 0 Å². The van der Waals surface area contributed by atoms with Gasteiger partial charge >= 0.3 is 0 Å². The maximum atomic E-state index is 3.74. The Morgan fingerprint density at radius 2 is 1.91 bits per heavy atom. The normalized spacial score (nSPS) is 11.5. The summed E-state index contributed by atoms with van der Waals surface area (Å²) in [5.41, 5.74) is 1.17. The largest absolute Gasteiger partial charge is 0.350 e. The molecular formula is C10H17N. The molecule has 0 spiro atoms. The third-order valence-electron chi connectivity index (χ3n) is 1.52. The summed E-state index contributed by atoms with van der Waals surface area (Å²) in [6.07, 6.45) is 5.59. The highest BCUT2D eigenvalue weighted by Crippen LogP contribution is 2.08. The van der Waals surface area contributed by atoms with Crippen molar-refractivity contribution in [2.45, 2.75) is 26.8 Å². The molecule has 1 nitrogen and oxygen atoms in total. The zero-order chi connectivity index (χ0) is 8.85. The molecular weight excluding hydrogens is 134 g/mol. The van der Waals surface area contributed by atoms with Gasteiger partial charge in [-0.25, -0.2) is 0 Å². The van der Waals surface area contributed by atoms with E-state index in [1.54, 1.807) is 6.08 Å². The van der Waals surface area contributed by atoms with Crippen LogP contribution in [-0.2, 0) is 0 Å². The molecule has 0 N–H and O–H groups in total. The van der Waals surface area contributed by atoms with Crippen LogP contribution in [0.5, 0.6) is 0 Å². The number of nitrogens with zero attached hydrogens (tertiary/aromatic N) is 1. The SMILES string of the molecule is C=C/C=C(/C)N(C=C)C(C)C. The third-order valence-corrected chi connectivity index (χ3v) is 1.52. The van der Waals surface area contributed by atoms with Crippen LogP contribution >= 0.6 is 0 Å². The fraction of sp³-hybridized carbons (Fsp3) is 0.400. The molecule has 0 aliphatic rings. The van der Waals surface area contributed by atoms with Gasteiger partial charge in [-0.05, 0) is 33.0 Å². The second kappa shape index (κ2) is 4.78. The lowest BCUT2D eigenvalue weighted by Crippen LogP contribution is -2.22. The molecule has 0 aliphatic carbocycles. The molecule has 0 bridgehead atoms. The minimum Gasteiger partial charge on any atom is -0.350 e. The van der Waals surface area contributed by atoms with E-state index in [0.29, 0.717) is 6.04 Å². The molecule has 0 rings (SSSR count). The summed E-state index contributed by atoms with van der Waals surface area (Å²) in [7, 11) is 0. The maximum absolute atomic E-state index is 3.74. The molecule has 1 heteroatoms. The first-order valence-electron chi connectivity index (χ1n) is 3.83. The van der Waals surface area contributed by atoms with Crippen LogP contribution in [0.2, 0.25) is 0 Å². The van der Waals surface area contributed by atoms with Crippen molar-refractivity contribution in [3.63, 3.8) is 0 Å². The molecule has 62 valence electrons. The van der Waals surface area contributed by atoms with Crippen molar-refractivity contribution in [1.29, 1.82) is 0 Å². The molecule has 0 atom stereocenters. The minimum absolute atomic E-state index is 0.462. The van der Waals surface area contributed by atoms with Crippen molar-refractivity contribution in [3.8, 4) is 0 Å². The lowest BCUT2D eigenvalue weighted by molar-refractivity contribution is 0.386. The Bertz CT molecular complexity index is 166. The first-order chi connectivity index (χ1) is 5.13. The molecule has 0 amide bonds. The van der Waals surface area contributed by atoms with Gasteiger partial charge in [-0.3, -0.25) is 0 Å². The van der Waals surface area contributed by atoms with Crippen molar-refractivity contribution in [1.82, 2.24) is 4.90 Å². The van der Waals surface area contributed by atoms with E-state index in [2.05, 4.69) is 31.9 Å². The van der Waals surface area contributed by atoms with E-state index in [0.717, 1.165) is 0 Å². The van der Waals surface area contributed by atoms with E-state index in [-0.39, 0.29) is 0 Å². The summed E-state index contributed by atoms with van der Waals surface area (Å²) in [6, 6.07) is 0.462. The highest BCUT2D eigenvalue weighted by molar-refractivity contribution is 5.09. The van der Waals surface area contributed by atoms with E-state index < -0.39 is 0 Å². The van der Waals surface area contributed by atoms with Crippen LogP contribution in [0.25, 0.3) is 0 Å². The summed E-state index contributed by atoms with van der Waals surface area (Å²) in [4.78, 5) is 2.10. The molecule has 0 heterocycles. The molecule has 0 unspecified atom stereocenters. The van der Waals surface area contributed by atoms with Gasteiger partial charge in [-0.2, -0.15) is 0 Å². The van der Waals surface area contributed by atoms with Gasteiger partial charge in [0.1, 0.15) is 0 Å². The van der Waals surface area contributed by atoms with Crippen LogP contribution in [0.3, 0.4) is 0 Å². The first-order valence-corrected chi connectivity index (χ1v) is 3.83. The fourth-order valence-corrected chi connectivity index (χ4v) is 1.02. The average molecular weight is 151 g/mol. The summed E-state index contributed by atoms with van der Waals surface area (Å²) in [5.74, 6) is 0. The molecule has 0 saturated carbocycles.